The molecule has 0 fully saturated rings. The van der Waals surface area contributed by atoms with Crippen LogP contribution in [0.3, 0.4) is 0 Å². The molecule has 0 aliphatic carbocycles. The summed E-state index contributed by atoms with van der Waals surface area (Å²) in [5, 5.41) is -0.459. The van der Waals surface area contributed by atoms with Crippen molar-refractivity contribution in [2.75, 3.05) is 0 Å². The standard InChI is InChI=1S/C9H8BrClO/c1-6(11)9(12)7-3-2-4-8(10)5-7/h2-6H,1H3. The topological polar surface area (TPSA) is 17.1 Å². The number of benzene rings is 1. The van der Waals surface area contributed by atoms with Gasteiger partial charge in [0, 0.05) is 10.0 Å². The Labute approximate surface area is 84.9 Å². The van der Waals surface area contributed by atoms with Gasteiger partial charge in [0.05, 0.1) is 5.38 Å². The summed E-state index contributed by atoms with van der Waals surface area (Å²) >= 11 is 8.93. The van der Waals surface area contributed by atoms with E-state index in [1.165, 1.54) is 0 Å². The van der Waals surface area contributed by atoms with Gasteiger partial charge in [0.1, 0.15) is 0 Å². The number of hydrogen-bond donors (Lipinski definition) is 0. The summed E-state index contributed by atoms with van der Waals surface area (Å²) in [6.45, 7) is 1.67. The molecule has 3 heteroatoms. The summed E-state index contributed by atoms with van der Waals surface area (Å²) in [6.07, 6.45) is 0. The first-order chi connectivity index (χ1) is 5.61. The van der Waals surface area contributed by atoms with Crippen LogP contribution in [0.25, 0.3) is 0 Å². The molecule has 0 saturated carbocycles. The van der Waals surface area contributed by atoms with Crippen LogP contribution in [0.5, 0.6) is 0 Å². The zero-order valence-electron chi connectivity index (χ0n) is 6.55. The number of rotatable bonds is 2. The fraction of sp³-hybridized carbons (Fsp3) is 0.222. The highest BCUT2D eigenvalue weighted by atomic mass is 79.9. The predicted molar refractivity (Wildman–Crippen MR) is 53.8 cm³/mol. The summed E-state index contributed by atoms with van der Waals surface area (Å²) < 4.78 is 0.894. The first-order valence-electron chi connectivity index (χ1n) is 3.55. The van der Waals surface area contributed by atoms with Gasteiger partial charge in [-0.3, -0.25) is 4.79 Å². The van der Waals surface area contributed by atoms with Gasteiger partial charge in [0.25, 0.3) is 0 Å². The van der Waals surface area contributed by atoms with Crippen molar-refractivity contribution in [1.29, 1.82) is 0 Å². The molecule has 0 saturated heterocycles. The molecule has 0 amide bonds. The van der Waals surface area contributed by atoms with Crippen molar-refractivity contribution in [3.05, 3.63) is 34.3 Å². The molecule has 0 N–H and O–H groups in total. The molecule has 0 heterocycles. The van der Waals surface area contributed by atoms with Crippen LogP contribution in [-0.2, 0) is 0 Å². The number of carbonyl (C=O) groups excluding carboxylic acids is 1. The van der Waals surface area contributed by atoms with Gasteiger partial charge in [-0.15, -0.1) is 11.6 Å². The third-order valence-electron chi connectivity index (χ3n) is 1.47. The number of carbonyl (C=O) groups is 1. The molecular formula is C9H8BrClO. The lowest BCUT2D eigenvalue weighted by Gasteiger charge is -2.01. The van der Waals surface area contributed by atoms with E-state index in [1.54, 1.807) is 19.1 Å². The Morgan fingerprint density at radius 2 is 2.25 bits per heavy atom. The molecule has 0 aromatic heterocycles. The summed E-state index contributed by atoms with van der Waals surface area (Å²) in [7, 11) is 0. The molecule has 0 bridgehead atoms. The van der Waals surface area contributed by atoms with Crippen LogP contribution in [-0.4, -0.2) is 11.2 Å². The van der Waals surface area contributed by atoms with Crippen molar-refractivity contribution in [2.24, 2.45) is 0 Å². The molecule has 1 unspecified atom stereocenters. The van der Waals surface area contributed by atoms with Crippen LogP contribution in [0.1, 0.15) is 17.3 Å². The Morgan fingerprint density at radius 1 is 1.58 bits per heavy atom. The van der Waals surface area contributed by atoms with Crippen LogP contribution in [0.15, 0.2) is 28.7 Å². The van der Waals surface area contributed by atoms with Crippen molar-refractivity contribution in [2.45, 2.75) is 12.3 Å². The molecule has 0 aliphatic rings. The minimum atomic E-state index is -0.459. The molecule has 1 nitrogen and oxygen atoms in total. The molecule has 64 valence electrons. The molecule has 0 aliphatic heterocycles. The van der Waals surface area contributed by atoms with Gasteiger partial charge in [0.2, 0.25) is 0 Å². The first kappa shape index (κ1) is 9.75. The minimum Gasteiger partial charge on any atom is -0.293 e. The monoisotopic (exact) mass is 246 g/mol. The van der Waals surface area contributed by atoms with E-state index in [-0.39, 0.29) is 5.78 Å². The second-order valence-corrected chi connectivity index (χ2v) is 4.06. The van der Waals surface area contributed by atoms with Gasteiger partial charge in [0.15, 0.2) is 5.78 Å². The third kappa shape index (κ3) is 2.32. The highest BCUT2D eigenvalue weighted by molar-refractivity contribution is 9.10. The second-order valence-electron chi connectivity index (χ2n) is 2.49. The Balaban J connectivity index is 2.96. The second kappa shape index (κ2) is 4.06. The Bertz CT molecular complexity index is 296. The average Bonchev–Trinajstić information content (AvgIpc) is 2.03. The summed E-state index contributed by atoms with van der Waals surface area (Å²) in [4.78, 5) is 11.3. The van der Waals surface area contributed by atoms with Gasteiger partial charge >= 0.3 is 0 Å². The fourth-order valence-electron chi connectivity index (χ4n) is 0.871. The molecule has 12 heavy (non-hydrogen) atoms. The number of halogens is 2. The maximum atomic E-state index is 11.3. The Kier molecular flexibility index (Phi) is 3.29. The van der Waals surface area contributed by atoms with Crippen LogP contribution in [0.4, 0.5) is 0 Å². The SMILES string of the molecule is CC(Cl)C(=O)c1cccc(Br)c1. The first-order valence-corrected chi connectivity index (χ1v) is 4.78. The maximum Gasteiger partial charge on any atom is 0.180 e. The van der Waals surface area contributed by atoms with Crippen LogP contribution >= 0.6 is 27.5 Å². The van der Waals surface area contributed by atoms with E-state index in [2.05, 4.69) is 15.9 Å². The molecule has 1 aromatic rings. The van der Waals surface area contributed by atoms with Gasteiger partial charge in [-0.25, -0.2) is 0 Å². The summed E-state index contributed by atoms with van der Waals surface area (Å²) in [6, 6.07) is 7.21. The normalized spacial score (nSPS) is 12.6. The molecule has 0 spiro atoms. The van der Waals surface area contributed by atoms with Gasteiger partial charge in [-0.05, 0) is 19.1 Å². The number of alkyl halides is 1. The third-order valence-corrected chi connectivity index (χ3v) is 2.16. The van der Waals surface area contributed by atoms with Gasteiger partial charge < -0.3 is 0 Å². The number of ketones is 1. The summed E-state index contributed by atoms with van der Waals surface area (Å²) in [5.74, 6) is -0.0435. The Morgan fingerprint density at radius 3 is 2.75 bits per heavy atom. The zero-order valence-corrected chi connectivity index (χ0v) is 8.89. The van der Waals surface area contributed by atoms with Crippen molar-refractivity contribution in [1.82, 2.24) is 0 Å². The smallest absolute Gasteiger partial charge is 0.180 e. The maximum absolute atomic E-state index is 11.3. The highest BCUT2D eigenvalue weighted by Crippen LogP contribution is 2.14. The minimum absolute atomic E-state index is 0.0435. The van der Waals surface area contributed by atoms with E-state index >= 15 is 0 Å². The van der Waals surface area contributed by atoms with Crippen molar-refractivity contribution in [3.8, 4) is 0 Å². The van der Waals surface area contributed by atoms with Crippen molar-refractivity contribution in [3.63, 3.8) is 0 Å². The molecular weight excluding hydrogens is 239 g/mol. The van der Waals surface area contributed by atoms with E-state index in [1.807, 2.05) is 12.1 Å². The molecule has 0 radical (unpaired) electrons. The van der Waals surface area contributed by atoms with Crippen LogP contribution in [0, 0.1) is 0 Å². The van der Waals surface area contributed by atoms with Gasteiger partial charge in [-0.2, -0.15) is 0 Å². The average molecular weight is 248 g/mol. The highest BCUT2D eigenvalue weighted by Gasteiger charge is 2.11. The number of Topliss-reactive ketones (excluding diaryl/α,β-unsaturated/α-hetero) is 1. The van der Waals surface area contributed by atoms with Gasteiger partial charge in [-0.1, -0.05) is 28.1 Å². The van der Waals surface area contributed by atoms with E-state index in [9.17, 15) is 4.79 Å². The Hall–Kier alpha value is -0.340. The zero-order chi connectivity index (χ0) is 9.14. The van der Waals surface area contributed by atoms with Crippen molar-refractivity contribution >= 4 is 33.3 Å². The van der Waals surface area contributed by atoms with E-state index in [0.717, 1.165) is 4.47 Å². The lowest BCUT2D eigenvalue weighted by atomic mass is 10.1. The quantitative estimate of drug-likeness (QED) is 0.579. The predicted octanol–water partition coefficient (Wildman–Crippen LogP) is 3.26. The lowest BCUT2D eigenvalue weighted by molar-refractivity contribution is 0.0991. The summed E-state index contributed by atoms with van der Waals surface area (Å²) in [5.41, 5.74) is 0.645. The van der Waals surface area contributed by atoms with Crippen LogP contribution in [0.2, 0.25) is 0 Å². The fourth-order valence-corrected chi connectivity index (χ4v) is 1.40. The van der Waals surface area contributed by atoms with E-state index < -0.39 is 5.38 Å². The molecule has 1 aromatic carbocycles. The number of hydrogen-bond acceptors (Lipinski definition) is 1. The van der Waals surface area contributed by atoms with Crippen molar-refractivity contribution < 1.29 is 4.79 Å². The largest absolute Gasteiger partial charge is 0.293 e. The van der Waals surface area contributed by atoms with Crippen LogP contribution < -0.4 is 0 Å². The lowest BCUT2D eigenvalue weighted by Crippen LogP contribution is -2.09. The van der Waals surface area contributed by atoms with E-state index in [4.69, 9.17) is 11.6 Å². The van der Waals surface area contributed by atoms with E-state index in [0.29, 0.717) is 5.56 Å². The molecule has 1 atom stereocenters. The molecule has 1 rings (SSSR count).